The third-order valence-corrected chi connectivity index (χ3v) is 11.7. The van der Waals surface area contributed by atoms with Crippen molar-refractivity contribution >= 4 is 0 Å². The zero-order chi connectivity index (χ0) is 8.10. The number of ether oxygens (including phenoxy) is 1. The molecule has 0 radical (unpaired) electrons. The first kappa shape index (κ1) is 9.63. The van der Waals surface area contributed by atoms with E-state index in [9.17, 15) is 0 Å². The Labute approximate surface area is 75.1 Å². The van der Waals surface area contributed by atoms with Gasteiger partial charge in [-0.15, -0.1) is 0 Å². The van der Waals surface area contributed by atoms with Crippen LogP contribution in [0.5, 0.6) is 0 Å². The minimum absolute atomic E-state index is 0.979. The molecule has 0 saturated carbocycles. The number of hydrogen-bond acceptors (Lipinski definition) is 2. The molecule has 1 saturated heterocycles. The molecule has 11 heavy (non-hydrogen) atoms. The predicted octanol–water partition coefficient (Wildman–Crippen LogP) is 1.73. The van der Waals surface area contributed by atoms with Crippen molar-refractivity contribution in [2.24, 2.45) is 0 Å². The van der Waals surface area contributed by atoms with Gasteiger partial charge in [-0.25, -0.2) is 0 Å². The summed E-state index contributed by atoms with van der Waals surface area (Å²) in [4.78, 5) is 0. The summed E-state index contributed by atoms with van der Waals surface area (Å²) in [6.45, 7) is 9.13. The van der Waals surface area contributed by atoms with E-state index < -0.39 is 16.2 Å². The Hall–Kier alpha value is 0.543. The quantitative estimate of drug-likeness (QED) is 0.657. The summed E-state index contributed by atoms with van der Waals surface area (Å²) in [6.07, 6.45) is 0. The molecule has 1 rings (SSSR count). The maximum atomic E-state index is 5.33. The van der Waals surface area contributed by atoms with Crippen molar-refractivity contribution in [2.45, 2.75) is 23.9 Å². The van der Waals surface area contributed by atoms with Gasteiger partial charge in [0.05, 0.1) is 0 Å². The van der Waals surface area contributed by atoms with Crippen LogP contribution in [0.2, 0.25) is 10.0 Å². The molecule has 1 aliphatic rings. The molecule has 2 nitrogen and oxygen atoms in total. The molecule has 63 valence electrons. The van der Waals surface area contributed by atoms with E-state index in [0.717, 1.165) is 13.2 Å². The van der Waals surface area contributed by atoms with Gasteiger partial charge < -0.3 is 0 Å². The van der Waals surface area contributed by atoms with Crippen molar-refractivity contribution in [1.29, 1.82) is 0 Å². The molecule has 0 unspecified atom stereocenters. The van der Waals surface area contributed by atoms with Crippen LogP contribution in [0.15, 0.2) is 0 Å². The van der Waals surface area contributed by atoms with Gasteiger partial charge in [-0.05, 0) is 0 Å². The fraction of sp³-hybridized carbons (Fsp3) is 1.00. The van der Waals surface area contributed by atoms with Gasteiger partial charge in [0.25, 0.3) is 0 Å². The van der Waals surface area contributed by atoms with E-state index in [0.29, 0.717) is 0 Å². The fourth-order valence-electron chi connectivity index (χ4n) is 2.03. The van der Waals surface area contributed by atoms with Gasteiger partial charge in [-0.1, -0.05) is 0 Å². The van der Waals surface area contributed by atoms with Gasteiger partial charge in [-0.2, -0.15) is 0 Å². The molecule has 0 aromatic carbocycles. The van der Waals surface area contributed by atoms with E-state index in [1.54, 1.807) is 0 Å². The normalized spacial score (nSPS) is 20.2. The van der Waals surface area contributed by atoms with Crippen LogP contribution in [-0.4, -0.2) is 29.9 Å². The second-order valence-electron chi connectivity index (χ2n) is 3.53. The van der Waals surface area contributed by atoms with Crippen LogP contribution in [0, 0.1) is 0 Å². The zero-order valence-corrected chi connectivity index (χ0v) is 10.8. The van der Waals surface area contributed by atoms with Crippen molar-refractivity contribution < 1.29 is 20.9 Å². The van der Waals surface area contributed by atoms with Gasteiger partial charge in [-0.3, -0.25) is 0 Å². The van der Waals surface area contributed by atoms with Crippen molar-refractivity contribution in [1.82, 2.24) is 3.64 Å². The van der Waals surface area contributed by atoms with Crippen LogP contribution < -0.4 is 0 Å². The van der Waals surface area contributed by atoms with Gasteiger partial charge in [0.2, 0.25) is 0 Å². The third-order valence-electron chi connectivity index (χ3n) is 2.89. The summed E-state index contributed by atoms with van der Waals surface area (Å²) >= 11 is -1.18. The molecule has 0 aromatic rings. The second kappa shape index (κ2) is 5.24. The van der Waals surface area contributed by atoms with Crippen LogP contribution in [0.25, 0.3) is 0 Å². The molecule has 1 aliphatic heterocycles. The van der Waals surface area contributed by atoms with Crippen molar-refractivity contribution in [3.63, 3.8) is 0 Å². The van der Waals surface area contributed by atoms with E-state index >= 15 is 0 Å². The van der Waals surface area contributed by atoms with Crippen LogP contribution in [0.4, 0.5) is 0 Å². The van der Waals surface area contributed by atoms with Crippen molar-refractivity contribution in [3.8, 4) is 0 Å². The average Bonchev–Trinajstić information content (AvgIpc) is 2.09. The molecule has 0 aliphatic carbocycles. The Balaban J connectivity index is 2.30. The first-order valence-electron chi connectivity index (χ1n) is 4.94. The Bertz CT molecular complexity index is 100. The summed E-state index contributed by atoms with van der Waals surface area (Å²) < 4.78 is 8.08. The SMILES string of the molecule is C[CH2][Zn]([CH2]C)[N]1CCOCC1. The standard InChI is InChI=1S/C4H8NO.2C2H5.Zn/c1-3-6-4-2-5-1;2*1-2;/h1-4H2;2*1H2,2H3;/q-1;;;+1. The van der Waals surface area contributed by atoms with Gasteiger partial charge in [0.1, 0.15) is 0 Å². The molecule has 0 N–H and O–H groups in total. The number of nitrogens with zero attached hydrogens (tertiary/aromatic N) is 1. The van der Waals surface area contributed by atoms with Crippen molar-refractivity contribution in [3.05, 3.63) is 0 Å². The summed E-state index contributed by atoms with van der Waals surface area (Å²) in [5.74, 6) is 0. The van der Waals surface area contributed by atoms with Crippen LogP contribution in [-0.2, 0) is 20.9 Å². The number of hydrogen-bond donors (Lipinski definition) is 0. The molecule has 1 fully saturated rings. The maximum absolute atomic E-state index is 5.33. The third kappa shape index (κ3) is 2.81. The zero-order valence-electron chi connectivity index (χ0n) is 7.81. The van der Waals surface area contributed by atoms with Crippen LogP contribution >= 0.6 is 0 Å². The fourth-order valence-corrected chi connectivity index (χ4v) is 8.59. The second-order valence-corrected chi connectivity index (χ2v) is 13.0. The van der Waals surface area contributed by atoms with E-state index in [2.05, 4.69) is 17.5 Å². The Morgan fingerprint density at radius 3 is 2.18 bits per heavy atom. The average molecular weight is 210 g/mol. The molecule has 3 heteroatoms. The van der Waals surface area contributed by atoms with Crippen LogP contribution in [0.3, 0.4) is 0 Å². The summed E-state index contributed by atoms with van der Waals surface area (Å²) in [6, 6.07) is 0. The van der Waals surface area contributed by atoms with Crippen molar-refractivity contribution in [2.75, 3.05) is 26.3 Å². The molecule has 0 bridgehead atoms. The molecular weight excluding hydrogens is 191 g/mol. The molecule has 1 heterocycles. The van der Waals surface area contributed by atoms with E-state index in [1.165, 1.54) is 23.1 Å². The summed E-state index contributed by atoms with van der Waals surface area (Å²) in [7, 11) is 0. The van der Waals surface area contributed by atoms with Crippen LogP contribution in [0.1, 0.15) is 13.8 Å². The Kier molecular flexibility index (Phi) is 4.58. The molecule has 0 spiro atoms. The number of morpholine rings is 1. The van der Waals surface area contributed by atoms with Gasteiger partial charge >= 0.3 is 74.7 Å². The Morgan fingerprint density at radius 2 is 1.73 bits per heavy atom. The summed E-state index contributed by atoms with van der Waals surface area (Å²) in [5.41, 5.74) is 0. The first-order chi connectivity index (χ1) is 5.38. The topological polar surface area (TPSA) is 12.5 Å². The molecule has 0 atom stereocenters. The molecule has 0 aromatic heterocycles. The molecule has 0 amide bonds. The summed E-state index contributed by atoms with van der Waals surface area (Å²) in [5, 5.41) is 2.97. The van der Waals surface area contributed by atoms with E-state index in [4.69, 9.17) is 4.74 Å². The molecular formula is C8H18NOZn. The number of rotatable bonds is 3. The first-order valence-corrected chi connectivity index (χ1v) is 10.5. The Morgan fingerprint density at radius 1 is 1.18 bits per heavy atom. The minimum atomic E-state index is -1.18. The predicted molar refractivity (Wildman–Crippen MR) is 43.4 cm³/mol. The van der Waals surface area contributed by atoms with Gasteiger partial charge in [0, 0.05) is 0 Å². The van der Waals surface area contributed by atoms with E-state index in [1.807, 2.05) is 0 Å². The van der Waals surface area contributed by atoms with Gasteiger partial charge in [0.15, 0.2) is 0 Å². The monoisotopic (exact) mass is 208 g/mol. The van der Waals surface area contributed by atoms with E-state index in [-0.39, 0.29) is 0 Å².